The lowest BCUT2D eigenvalue weighted by atomic mass is 10.00. The molecule has 7 heteroatoms. The third-order valence-corrected chi connectivity index (χ3v) is 5.83. The third kappa shape index (κ3) is 3.19. The molecule has 0 fully saturated rings. The van der Waals surface area contributed by atoms with Crippen molar-refractivity contribution >= 4 is 34.0 Å². The Hall–Kier alpha value is -3.45. The van der Waals surface area contributed by atoms with Crippen LogP contribution in [0, 0.1) is 5.82 Å². The zero-order valence-corrected chi connectivity index (χ0v) is 16.0. The Bertz CT molecular complexity index is 1240. The Morgan fingerprint density at radius 3 is 2.66 bits per heavy atom. The van der Waals surface area contributed by atoms with Gasteiger partial charge in [-0.15, -0.1) is 11.3 Å². The molecule has 0 radical (unpaired) electrons. The molecule has 142 valence electrons. The molecule has 0 aliphatic carbocycles. The fourth-order valence-electron chi connectivity index (χ4n) is 3.49. The van der Waals surface area contributed by atoms with Gasteiger partial charge in [-0.25, -0.2) is 9.40 Å². The van der Waals surface area contributed by atoms with Gasteiger partial charge in [0.2, 0.25) is 0 Å². The van der Waals surface area contributed by atoms with Crippen molar-refractivity contribution in [3.63, 3.8) is 0 Å². The maximum atomic E-state index is 14.3. The molecule has 5 nitrogen and oxygen atoms in total. The van der Waals surface area contributed by atoms with Crippen molar-refractivity contribution in [1.82, 2.24) is 15.0 Å². The van der Waals surface area contributed by atoms with Gasteiger partial charge in [-0.1, -0.05) is 24.3 Å². The number of aromatic nitrogens is 2. The number of hydrogen-bond acceptors (Lipinski definition) is 5. The molecule has 4 aromatic rings. The Morgan fingerprint density at radius 2 is 1.86 bits per heavy atom. The largest absolute Gasteiger partial charge is 0.277 e. The van der Waals surface area contributed by atoms with E-state index in [4.69, 9.17) is 0 Å². The highest BCUT2D eigenvalue weighted by molar-refractivity contribution is 7.12. The molecule has 2 aromatic carbocycles. The van der Waals surface area contributed by atoms with Crippen LogP contribution in [0.3, 0.4) is 0 Å². The van der Waals surface area contributed by atoms with Crippen LogP contribution in [0.4, 0.5) is 4.39 Å². The number of carbonyl (C=O) groups excluding carboxylic acids is 1. The molecule has 0 N–H and O–H groups in total. The van der Waals surface area contributed by atoms with E-state index in [1.165, 1.54) is 17.1 Å². The molecule has 1 atom stereocenters. The van der Waals surface area contributed by atoms with E-state index in [0.717, 1.165) is 27.2 Å². The van der Waals surface area contributed by atoms with Gasteiger partial charge in [0.15, 0.2) is 0 Å². The molecular weight excluding hydrogens is 387 g/mol. The summed E-state index contributed by atoms with van der Waals surface area (Å²) in [6.07, 6.45) is 3.83. The molecule has 2 aromatic heterocycles. The molecule has 1 unspecified atom stereocenters. The standard InChI is InChI=1S/C22H15FN4OS/c23-16-5-2-1-4-15(16)22(28)27-20(13-19(26-27)21-6-3-11-29-21)14-7-8-17-18(12-14)25-10-9-24-17/h1-12,20H,13H2. The molecule has 5 rings (SSSR count). The van der Waals surface area contributed by atoms with Gasteiger partial charge >= 0.3 is 0 Å². The number of rotatable bonds is 3. The van der Waals surface area contributed by atoms with Crippen LogP contribution in [0.1, 0.15) is 33.3 Å². The van der Waals surface area contributed by atoms with Crippen LogP contribution in [-0.4, -0.2) is 26.6 Å². The maximum Gasteiger partial charge on any atom is 0.277 e. The van der Waals surface area contributed by atoms with Crippen molar-refractivity contribution < 1.29 is 9.18 Å². The molecule has 1 aliphatic heterocycles. The SMILES string of the molecule is O=C(c1ccccc1F)N1N=C(c2cccs2)CC1c1ccc2nccnc2c1. The zero-order valence-electron chi connectivity index (χ0n) is 15.2. The van der Waals surface area contributed by atoms with Crippen LogP contribution >= 0.6 is 11.3 Å². The summed E-state index contributed by atoms with van der Waals surface area (Å²) < 4.78 is 14.3. The highest BCUT2D eigenvalue weighted by Gasteiger charge is 2.35. The molecule has 0 saturated heterocycles. The molecular formula is C22H15FN4OS. The number of fused-ring (bicyclic) bond motifs is 1. The fraction of sp³-hybridized carbons (Fsp3) is 0.0909. The lowest BCUT2D eigenvalue weighted by molar-refractivity contribution is 0.0706. The molecule has 0 spiro atoms. The predicted molar refractivity (Wildman–Crippen MR) is 110 cm³/mol. The average Bonchev–Trinajstić information content (AvgIpc) is 3.43. The number of hydrogen-bond donors (Lipinski definition) is 0. The Kier molecular flexibility index (Phi) is 4.37. The van der Waals surface area contributed by atoms with Crippen LogP contribution in [0.2, 0.25) is 0 Å². The van der Waals surface area contributed by atoms with E-state index in [1.54, 1.807) is 35.9 Å². The van der Waals surface area contributed by atoms with Gasteiger partial charge < -0.3 is 0 Å². The first-order valence-electron chi connectivity index (χ1n) is 9.11. The van der Waals surface area contributed by atoms with Crippen LogP contribution in [0.5, 0.6) is 0 Å². The highest BCUT2D eigenvalue weighted by Crippen LogP contribution is 2.35. The summed E-state index contributed by atoms with van der Waals surface area (Å²) in [5, 5.41) is 7.96. The molecule has 0 saturated carbocycles. The van der Waals surface area contributed by atoms with Gasteiger partial charge in [-0.2, -0.15) is 5.10 Å². The minimum absolute atomic E-state index is 0.00857. The molecule has 3 heterocycles. The molecule has 0 bridgehead atoms. The van der Waals surface area contributed by atoms with Crippen molar-refractivity contribution in [3.05, 3.63) is 94.2 Å². The van der Waals surface area contributed by atoms with Crippen molar-refractivity contribution in [2.75, 3.05) is 0 Å². The molecule has 1 aliphatic rings. The number of benzene rings is 2. The monoisotopic (exact) mass is 402 g/mol. The van der Waals surface area contributed by atoms with Gasteiger partial charge in [0.1, 0.15) is 5.82 Å². The first kappa shape index (κ1) is 17.6. The van der Waals surface area contributed by atoms with E-state index in [9.17, 15) is 9.18 Å². The van der Waals surface area contributed by atoms with E-state index >= 15 is 0 Å². The first-order valence-corrected chi connectivity index (χ1v) is 9.99. The van der Waals surface area contributed by atoms with E-state index < -0.39 is 11.7 Å². The average molecular weight is 402 g/mol. The number of halogens is 1. The summed E-state index contributed by atoms with van der Waals surface area (Å²) >= 11 is 1.57. The normalized spacial score (nSPS) is 16.2. The predicted octanol–water partition coefficient (Wildman–Crippen LogP) is 4.82. The second-order valence-corrected chi connectivity index (χ2v) is 7.63. The van der Waals surface area contributed by atoms with E-state index in [0.29, 0.717) is 6.42 Å². The van der Waals surface area contributed by atoms with E-state index in [2.05, 4.69) is 15.1 Å². The van der Waals surface area contributed by atoms with Crippen LogP contribution in [0.25, 0.3) is 11.0 Å². The summed E-state index contributed by atoms with van der Waals surface area (Å²) in [6, 6.07) is 15.3. The Balaban J connectivity index is 1.58. The Labute approximate surface area is 170 Å². The zero-order chi connectivity index (χ0) is 19.8. The van der Waals surface area contributed by atoms with Crippen molar-refractivity contribution in [2.24, 2.45) is 5.10 Å². The van der Waals surface area contributed by atoms with Gasteiger partial charge in [0.25, 0.3) is 5.91 Å². The van der Waals surface area contributed by atoms with Crippen molar-refractivity contribution in [3.8, 4) is 0 Å². The van der Waals surface area contributed by atoms with Gasteiger partial charge in [-0.05, 0) is 41.3 Å². The number of amides is 1. The van der Waals surface area contributed by atoms with Crippen LogP contribution < -0.4 is 0 Å². The third-order valence-electron chi connectivity index (χ3n) is 4.91. The molecule has 1 amide bonds. The summed E-state index contributed by atoms with van der Waals surface area (Å²) in [7, 11) is 0. The van der Waals surface area contributed by atoms with Crippen molar-refractivity contribution in [1.29, 1.82) is 0 Å². The lowest BCUT2D eigenvalue weighted by Gasteiger charge is -2.22. The minimum Gasteiger partial charge on any atom is -0.267 e. The quantitative estimate of drug-likeness (QED) is 0.494. The fourth-order valence-corrected chi connectivity index (χ4v) is 4.22. The smallest absolute Gasteiger partial charge is 0.267 e. The first-order chi connectivity index (χ1) is 14.2. The second-order valence-electron chi connectivity index (χ2n) is 6.68. The number of thiophene rings is 1. The summed E-state index contributed by atoms with van der Waals surface area (Å²) in [6.45, 7) is 0. The van der Waals surface area contributed by atoms with E-state index in [1.807, 2.05) is 35.7 Å². The molecule has 29 heavy (non-hydrogen) atoms. The number of nitrogens with zero attached hydrogens (tertiary/aromatic N) is 4. The summed E-state index contributed by atoms with van der Waals surface area (Å²) in [4.78, 5) is 22.8. The number of carbonyl (C=O) groups is 1. The Morgan fingerprint density at radius 1 is 1.03 bits per heavy atom. The topological polar surface area (TPSA) is 58.5 Å². The van der Waals surface area contributed by atoms with E-state index in [-0.39, 0.29) is 11.6 Å². The summed E-state index contributed by atoms with van der Waals surface area (Å²) in [5.74, 6) is -1.01. The van der Waals surface area contributed by atoms with Gasteiger partial charge in [0, 0.05) is 18.8 Å². The second kappa shape index (κ2) is 7.18. The highest BCUT2D eigenvalue weighted by atomic mass is 32.1. The summed E-state index contributed by atoms with van der Waals surface area (Å²) in [5.41, 5.74) is 3.23. The van der Waals surface area contributed by atoms with Gasteiger partial charge in [0.05, 0.1) is 33.2 Å². The van der Waals surface area contributed by atoms with Crippen LogP contribution in [-0.2, 0) is 0 Å². The van der Waals surface area contributed by atoms with Crippen molar-refractivity contribution in [2.45, 2.75) is 12.5 Å². The van der Waals surface area contributed by atoms with Gasteiger partial charge in [-0.3, -0.25) is 14.8 Å². The lowest BCUT2D eigenvalue weighted by Crippen LogP contribution is -2.27. The van der Waals surface area contributed by atoms with Crippen LogP contribution in [0.15, 0.2) is 77.5 Å². The number of hydrazone groups is 1. The minimum atomic E-state index is -0.555. The maximum absolute atomic E-state index is 14.3.